The van der Waals surface area contributed by atoms with Crippen LogP contribution in [0.25, 0.3) is 0 Å². The Hall–Kier alpha value is -1.58. The van der Waals surface area contributed by atoms with Crippen molar-refractivity contribution in [2.75, 3.05) is 19.0 Å². The Kier molecular flexibility index (Phi) is 5.21. The molecular formula is C17H22ClN3. The fourth-order valence-corrected chi connectivity index (χ4v) is 2.72. The van der Waals surface area contributed by atoms with Crippen molar-refractivity contribution in [1.82, 2.24) is 10.3 Å². The lowest BCUT2D eigenvalue weighted by molar-refractivity contribution is 0.724. The summed E-state index contributed by atoms with van der Waals surface area (Å²) in [5, 5.41) is 3.97. The van der Waals surface area contributed by atoms with Crippen LogP contribution >= 0.6 is 11.6 Å². The Labute approximate surface area is 132 Å². The summed E-state index contributed by atoms with van der Waals surface area (Å²) in [6, 6.07) is 12.3. The second-order valence-electron chi connectivity index (χ2n) is 5.31. The van der Waals surface area contributed by atoms with Crippen molar-refractivity contribution in [1.29, 1.82) is 0 Å². The lowest BCUT2D eigenvalue weighted by Crippen LogP contribution is -2.23. The Morgan fingerprint density at radius 3 is 2.67 bits per heavy atom. The number of aryl methyl sites for hydroxylation is 1. The molecule has 0 aliphatic carbocycles. The summed E-state index contributed by atoms with van der Waals surface area (Å²) in [5.41, 5.74) is 3.37. The maximum Gasteiger partial charge on any atom is 0.129 e. The molecule has 2 rings (SSSR count). The molecule has 0 aliphatic heterocycles. The third-order valence-electron chi connectivity index (χ3n) is 3.68. The molecule has 4 heteroatoms. The van der Waals surface area contributed by atoms with Gasteiger partial charge in [0.1, 0.15) is 5.82 Å². The summed E-state index contributed by atoms with van der Waals surface area (Å²) < 4.78 is 0. The molecule has 1 aromatic heterocycles. The van der Waals surface area contributed by atoms with Crippen LogP contribution in [0.1, 0.15) is 29.8 Å². The average Bonchev–Trinajstić information content (AvgIpc) is 2.46. The molecule has 1 unspecified atom stereocenters. The van der Waals surface area contributed by atoms with Crippen molar-refractivity contribution in [2.45, 2.75) is 26.4 Å². The number of halogens is 1. The van der Waals surface area contributed by atoms with E-state index >= 15 is 0 Å². The van der Waals surface area contributed by atoms with Crippen molar-refractivity contribution in [3.63, 3.8) is 0 Å². The first-order valence-corrected chi connectivity index (χ1v) is 7.50. The minimum absolute atomic E-state index is 0.162. The van der Waals surface area contributed by atoms with Gasteiger partial charge in [0, 0.05) is 24.3 Å². The van der Waals surface area contributed by atoms with E-state index in [4.69, 9.17) is 11.6 Å². The molecule has 0 aliphatic rings. The summed E-state index contributed by atoms with van der Waals surface area (Å²) in [4.78, 5) is 6.81. The zero-order valence-corrected chi connectivity index (χ0v) is 13.8. The molecule has 1 heterocycles. The van der Waals surface area contributed by atoms with Gasteiger partial charge < -0.3 is 10.2 Å². The van der Waals surface area contributed by atoms with Crippen LogP contribution in [-0.2, 0) is 6.54 Å². The highest BCUT2D eigenvalue weighted by Gasteiger charge is 2.16. The van der Waals surface area contributed by atoms with E-state index in [-0.39, 0.29) is 6.04 Å². The van der Waals surface area contributed by atoms with Gasteiger partial charge in [-0.2, -0.15) is 0 Å². The first kappa shape index (κ1) is 15.8. The highest BCUT2D eigenvalue weighted by Crippen LogP contribution is 2.29. The number of nitrogens with one attached hydrogen (secondary N) is 1. The third-order valence-corrected chi connectivity index (χ3v) is 4.02. The zero-order valence-electron chi connectivity index (χ0n) is 13.0. The van der Waals surface area contributed by atoms with Gasteiger partial charge in [-0.3, -0.25) is 0 Å². The standard InChI is InChI=1S/C17H22ClN3/c1-12-9-14(11-19-3)10-17(20-12)21(4)13(2)15-7-5-6-8-16(15)18/h5-10,13,19H,11H2,1-4H3. The number of pyridine rings is 1. The highest BCUT2D eigenvalue weighted by atomic mass is 35.5. The number of hydrogen-bond acceptors (Lipinski definition) is 3. The fourth-order valence-electron chi connectivity index (χ4n) is 2.43. The second kappa shape index (κ2) is 6.92. The van der Waals surface area contributed by atoms with E-state index in [0.717, 1.165) is 28.6 Å². The molecule has 0 spiro atoms. The molecule has 0 amide bonds. The molecular weight excluding hydrogens is 282 g/mol. The number of benzene rings is 1. The second-order valence-corrected chi connectivity index (χ2v) is 5.72. The Bertz CT molecular complexity index is 613. The Balaban J connectivity index is 2.31. The number of hydrogen-bond donors (Lipinski definition) is 1. The van der Waals surface area contributed by atoms with Crippen molar-refractivity contribution in [3.05, 3.63) is 58.2 Å². The summed E-state index contributed by atoms with van der Waals surface area (Å²) in [6.07, 6.45) is 0. The molecule has 1 atom stereocenters. The van der Waals surface area contributed by atoms with E-state index in [1.165, 1.54) is 5.56 Å². The van der Waals surface area contributed by atoms with Crippen molar-refractivity contribution in [3.8, 4) is 0 Å². The average molecular weight is 304 g/mol. The predicted octanol–water partition coefficient (Wildman–Crippen LogP) is 3.96. The lowest BCUT2D eigenvalue weighted by atomic mass is 10.1. The number of aromatic nitrogens is 1. The van der Waals surface area contributed by atoms with E-state index in [1.807, 2.05) is 32.2 Å². The van der Waals surface area contributed by atoms with Gasteiger partial charge in [-0.15, -0.1) is 0 Å². The topological polar surface area (TPSA) is 28.2 Å². The molecule has 1 aromatic carbocycles. The number of anilines is 1. The first-order chi connectivity index (χ1) is 10.0. The van der Waals surface area contributed by atoms with Crippen molar-refractivity contribution < 1.29 is 0 Å². The van der Waals surface area contributed by atoms with Gasteiger partial charge in [0.05, 0.1) is 6.04 Å². The minimum atomic E-state index is 0.162. The van der Waals surface area contributed by atoms with E-state index < -0.39 is 0 Å². The van der Waals surface area contributed by atoms with Crippen LogP contribution in [-0.4, -0.2) is 19.1 Å². The molecule has 2 aromatic rings. The summed E-state index contributed by atoms with van der Waals surface area (Å²) in [6.45, 7) is 5.00. The van der Waals surface area contributed by atoms with Crippen LogP contribution in [0.5, 0.6) is 0 Å². The Morgan fingerprint density at radius 1 is 1.29 bits per heavy atom. The maximum atomic E-state index is 6.31. The molecule has 0 radical (unpaired) electrons. The summed E-state index contributed by atoms with van der Waals surface area (Å²) in [5.74, 6) is 0.965. The number of nitrogens with zero attached hydrogens (tertiary/aromatic N) is 2. The summed E-state index contributed by atoms with van der Waals surface area (Å²) >= 11 is 6.31. The molecule has 21 heavy (non-hydrogen) atoms. The van der Waals surface area contributed by atoms with Gasteiger partial charge in [0.2, 0.25) is 0 Å². The van der Waals surface area contributed by atoms with Crippen LogP contribution in [0.3, 0.4) is 0 Å². The maximum absolute atomic E-state index is 6.31. The van der Waals surface area contributed by atoms with Crippen molar-refractivity contribution >= 4 is 17.4 Å². The third kappa shape index (κ3) is 3.74. The lowest BCUT2D eigenvalue weighted by Gasteiger charge is -2.27. The highest BCUT2D eigenvalue weighted by molar-refractivity contribution is 6.31. The molecule has 0 bridgehead atoms. The quantitative estimate of drug-likeness (QED) is 0.906. The molecule has 0 saturated carbocycles. The molecule has 3 nitrogen and oxygen atoms in total. The molecule has 0 fully saturated rings. The smallest absolute Gasteiger partial charge is 0.129 e. The first-order valence-electron chi connectivity index (χ1n) is 7.12. The fraction of sp³-hybridized carbons (Fsp3) is 0.353. The largest absolute Gasteiger partial charge is 0.353 e. The van der Waals surface area contributed by atoms with Crippen molar-refractivity contribution in [2.24, 2.45) is 0 Å². The van der Waals surface area contributed by atoms with E-state index in [2.05, 4.69) is 47.4 Å². The van der Waals surface area contributed by atoms with Crippen LogP contribution in [0, 0.1) is 6.92 Å². The van der Waals surface area contributed by atoms with Gasteiger partial charge in [-0.25, -0.2) is 4.98 Å². The SMILES string of the molecule is CNCc1cc(C)nc(N(C)C(C)c2ccccc2Cl)c1. The van der Waals surface area contributed by atoms with Crippen LogP contribution in [0.2, 0.25) is 5.02 Å². The van der Waals surface area contributed by atoms with Crippen LogP contribution in [0.4, 0.5) is 5.82 Å². The van der Waals surface area contributed by atoms with Crippen LogP contribution < -0.4 is 10.2 Å². The van der Waals surface area contributed by atoms with Gasteiger partial charge in [-0.1, -0.05) is 29.8 Å². The van der Waals surface area contributed by atoms with E-state index in [1.54, 1.807) is 0 Å². The van der Waals surface area contributed by atoms with E-state index in [9.17, 15) is 0 Å². The predicted molar refractivity (Wildman–Crippen MR) is 90.0 cm³/mol. The number of rotatable bonds is 5. The van der Waals surface area contributed by atoms with Gasteiger partial charge in [0.25, 0.3) is 0 Å². The van der Waals surface area contributed by atoms with E-state index in [0.29, 0.717) is 0 Å². The normalized spacial score (nSPS) is 12.2. The minimum Gasteiger partial charge on any atom is -0.353 e. The molecule has 112 valence electrons. The zero-order chi connectivity index (χ0) is 15.4. The van der Waals surface area contributed by atoms with Gasteiger partial charge >= 0.3 is 0 Å². The van der Waals surface area contributed by atoms with Gasteiger partial charge in [-0.05, 0) is 50.2 Å². The Morgan fingerprint density at radius 2 is 2.00 bits per heavy atom. The summed E-state index contributed by atoms with van der Waals surface area (Å²) in [7, 11) is 4.00. The molecule has 1 N–H and O–H groups in total. The van der Waals surface area contributed by atoms with Crippen LogP contribution in [0.15, 0.2) is 36.4 Å². The monoisotopic (exact) mass is 303 g/mol. The van der Waals surface area contributed by atoms with Gasteiger partial charge in [0.15, 0.2) is 0 Å². The molecule has 0 saturated heterocycles.